The molecule has 3 N–H and O–H groups in total. The minimum Gasteiger partial charge on any atom is -0.481 e. The number of amides is 2. The number of urea groups is 1. The van der Waals surface area contributed by atoms with E-state index in [1.807, 2.05) is 31.2 Å². The first kappa shape index (κ1) is 17.3. The van der Waals surface area contributed by atoms with Crippen LogP contribution in [0.25, 0.3) is 0 Å². The van der Waals surface area contributed by atoms with Gasteiger partial charge in [-0.2, -0.15) is 0 Å². The van der Waals surface area contributed by atoms with Crippen LogP contribution in [0.15, 0.2) is 24.3 Å². The molecule has 1 aromatic carbocycles. The quantitative estimate of drug-likeness (QED) is 0.690. The van der Waals surface area contributed by atoms with Crippen LogP contribution in [0, 0.1) is 5.92 Å². The van der Waals surface area contributed by atoms with Gasteiger partial charge in [0.2, 0.25) is 0 Å². The first-order valence-electron chi connectivity index (χ1n) is 6.95. The molecule has 0 fully saturated rings. The van der Waals surface area contributed by atoms with Gasteiger partial charge in [0, 0.05) is 24.5 Å². The van der Waals surface area contributed by atoms with Crippen molar-refractivity contribution in [3.63, 3.8) is 0 Å². The SMILES string of the molecule is CC(CCC(=O)O)CNC(=O)NCCc1ccc(Cl)cc1. The highest BCUT2D eigenvalue weighted by atomic mass is 35.5. The molecule has 1 rings (SSSR count). The molecule has 1 atom stereocenters. The highest BCUT2D eigenvalue weighted by Crippen LogP contribution is 2.09. The summed E-state index contributed by atoms with van der Waals surface area (Å²) in [6.07, 6.45) is 1.42. The largest absolute Gasteiger partial charge is 0.481 e. The van der Waals surface area contributed by atoms with Crippen molar-refractivity contribution in [1.82, 2.24) is 10.6 Å². The predicted octanol–water partition coefficient (Wildman–Crippen LogP) is 2.68. The van der Waals surface area contributed by atoms with Gasteiger partial charge < -0.3 is 15.7 Å². The fourth-order valence-corrected chi connectivity index (χ4v) is 1.90. The number of carbonyl (C=O) groups is 2. The van der Waals surface area contributed by atoms with Crippen molar-refractivity contribution in [2.45, 2.75) is 26.2 Å². The summed E-state index contributed by atoms with van der Waals surface area (Å²) in [5.41, 5.74) is 1.11. The first-order chi connectivity index (χ1) is 9.97. The van der Waals surface area contributed by atoms with Crippen molar-refractivity contribution in [3.05, 3.63) is 34.9 Å². The third kappa shape index (κ3) is 8.19. The number of hydrogen-bond acceptors (Lipinski definition) is 2. The van der Waals surface area contributed by atoms with Crippen molar-refractivity contribution < 1.29 is 14.7 Å². The van der Waals surface area contributed by atoms with Crippen molar-refractivity contribution in [2.24, 2.45) is 5.92 Å². The smallest absolute Gasteiger partial charge is 0.314 e. The van der Waals surface area contributed by atoms with Crippen LogP contribution in [-0.4, -0.2) is 30.2 Å². The van der Waals surface area contributed by atoms with E-state index in [1.54, 1.807) is 0 Å². The van der Waals surface area contributed by atoms with Gasteiger partial charge in [-0.1, -0.05) is 30.7 Å². The Bertz CT molecular complexity index is 462. The summed E-state index contributed by atoms with van der Waals surface area (Å²) in [4.78, 5) is 22.0. The fourth-order valence-electron chi connectivity index (χ4n) is 1.77. The highest BCUT2D eigenvalue weighted by molar-refractivity contribution is 6.30. The molecule has 1 aromatic rings. The lowest BCUT2D eigenvalue weighted by Crippen LogP contribution is -2.38. The number of carboxylic acids is 1. The van der Waals surface area contributed by atoms with Crippen LogP contribution >= 0.6 is 11.6 Å². The summed E-state index contributed by atoms with van der Waals surface area (Å²) < 4.78 is 0. The zero-order valence-electron chi connectivity index (χ0n) is 12.1. The molecule has 0 aliphatic carbocycles. The maximum atomic E-state index is 11.6. The molecule has 0 saturated carbocycles. The molecule has 116 valence electrons. The predicted molar refractivity (Wildman–Crippen MR) is 82.6 cm³/mol. The number of carboxylic acid groups (broad SMARTS) is 1. The highest BCUT2D eigenvalue weighted by Gasteiger charge is 2.07. The van der Waals surface area contributed by atoms with E-state index in [1.165, 1.54) is 0 Å². The van der Waals surface area contributed by atoms with Gasteiger partial charge in [-0.05, 0) is 36.5 Å². The normalized spacial score (nSPS) is 11.7. The van der Waals surface area contributed by atoms with Gasteiger partial charge in [-0.25, -0.2) is 4.79 Å². The minimum absolute atomic E-state index is 0.126. The van der Waals surface area contributed by atoms with Gasteiger partial charge in [-0.15, -0.1) is 0 Å². The molecule has 0 spiro atoms. The zero-order chi connectivity index (χ0) is 15.7. The molecule has 0 heterocycles. The summed E-state index contributed by atoms with van der Waals surface area (Å²) in [5.74, 6) is -0.669. The summed E-state index contributed by atoms with van der Waals surface area (Å²) in [5, 5.41) is 14.8. The molecule has 0 aliphatic heterocycles. The Hall–Kier alpha value is -1.75. The fraction of sp³-hybridized carbons (Fsp3) is 0.467. The molecule has 5 nitrogen and oxygen atoms in total. The van der Waals surface area contributed by atoms with Crippen molar-refractivity contribution in [1.29, 1.82) is 0 Å². The molecule has 0 aliphatic rings. The number of carbonyl (C=O) groups excluding carboxylic acids is 1. The van der Waals surface area contributed by atoms with Crippen LogP contribution in [0.5, 0.6) is 0 Å². The molecular formula is C15H21ClN2O3. The number of aliphatic carboxylic acids is 1. The summed E-state index contributed by atoms with van der Waals surface area (Å²) >= 11 is 5.80. The second kappa shape index (κ2) is 9.23. The number of hydrogen-bond donors (Lipinski definition) is 3. The second-order valence-electron chi connectivity index (χ2n) is 5.05. The Morgan fingerprint density at radius 1 is 1.24 bits per heavy atom. The van der Waals surface area contributed by atoms with E-state index in [0.717, 1.165) is 12.0 Å². The van der Waals surface area contributed by atoms with Crippen molar-refractivity contribution in [3.8, 4) is 0 Å². The maximum absolute atomic E-state index is 11.6. The standard InChI is InChI=1S/C15H21ClN2O3/c1-11(2-7-14(19)20)10-18-15(21)17-9-8-12-3-5-13(16)6-4-12/h3-6,11H,2,7-10H2,1H3,(H,19,20)(H2,17,18,21). The van der Waals surface area contributed by atoms with E-state index in [2.05, 4.69) is 10.6 Å². The number of halogens is 1. The lowest BCUT2D eigenvalue weighted by Gasteiger charge is -2.12. The third-order valence-corrected chi connectivity index (χ3v) is 3.33. The molecule has 0 aromatic heterocycles. The van der Waals surface area contributed by atoms with Gasteiger partial charge in [-0.3, -0.25) is 4.79 Å². The van der Waals surface area contributed by atoms with E-state index >= 15 is 0 Å². The van der Waals surface area contributed by atoms with E-state index in [0.29, 0.717) is 24.5 Å². The summed E-state index contributed by atoms with van der Waals surface area (Å²) in [6, 6.07) is 7.26. The summed E-state index contributed by atoms with van der Waals surface area (Å²) in [6.45, 7) is 2.92. The minimum atomic E-state index is -0.811. The summed E-state index contributed by atoms with van der Waals surface area (Å²) in [7, 11) is 0. The van der Waals surface area contributed by atoms with E-state index in [4.69, 9.17) is 16.7 Å². The maximum Gasteiger partial charge on any atom is 0.314 e. The van der Waals surface area contributed by atoms with Gasteiger partial charge >= 0.3 is 12.0 Å². The number of benzene rings is 1. The number of nitrogens with one attached hydrogen (secondary N) is 2. The van der Waals surface area contributed by atoms with Crippen LogP contribution in [0.2, 0.25) is 5.02 Å². The molecular weight excluding hydrogens is 292 g/mol. The van der Waals surface area contributed by atoms with Crippen molar-refractivity contribution in [2.75, 3.05) is 13.1 Å². The molecule has 21 heavy (non-hydrogen) atoms. The van der Waals surface area contributed by atoms with Gasteiger partial charge in [0.1, 0.15) is 0 Å². The average Bonchev–Trinajstić information content (AvgIpc) is 2.45. The average molecular weight is 313 g/mol. The number of rotatable bonds is 8. The molecule has 1 unspecified atom stereocenters. The van der Waals surface area contributed by atoms with Gasteiger partial charge in [0.05, 0.1) is 0 Å². The Morgan fingerprint density at radius 3 is 2.52 bits per heavy atom. The Balaban J connectivity index is 2.13. The topological polar surface area (TPSA) is 78.4 Å². The van der Waals surface area contributed by atoms with Crippen LogP contribution in [0.1, 0.15) is 25.3 Å². The Labute approximate surface area is 129 Å². The van der Waals surface area contributed by atoms with E-state index in [-0.39, 0.29) is 18.4 Å². The zero-order valence-corrected chi connectivity index (χ0v) is 12.8. The molecule has 0 radical (unpaired) electrons. The lowest BCUT2D eigenvalue weighted by molar-refractivity contribution is -0.137. The molecule has 6 heteroatoms. The van der Waals surface area contributed by atoms with E-state index < -0.39 is 5.97 Å². The first-order valence-corrected chi connectivity index (χ1v) is 7.33. The molecule has 2 amide bonds. The molecule has 0 bridgehead atoms. The van der Waals surface area contributed by atoms with E-state index in [9.17, 15) is 9.59 Å². The van der Waals surface area contributed by atoms with Gasteiger partial charge in [0.25, 0.3) is 0 Å². The Kier molecular flexibility index (Phi) is 7.61. The van der Waals surface area contributed by atoms with Gasteiger partial charge in [0.15, 0.2) is 0 Å². The van der Waals surface area contributed by atoms with Crippen LogP contribution in [0.3, 0.4) is 0 Å². The third-order valence-electron chi connectivity index (χ3n) is 3.07. The van der Waals surface area contributed by atoms with Crippen LogP contribution in [0.4, 0.5) is 4.79 Å². The van der Waals surface area contributed by atoms with Crippen LogP contribution in [-0.2, 0) is 11.2 Å². The lowest BCUT2D eigenvalue weighted by atomic mass is 10.1. The Morgan fingerprint density at radius 2 is 1.90 bits per heavy atom. The van der Waals surface area contributed by atoms with Crippen molar-refractivity contribution >= 4 is 23.6 Å². The second-order valence-corrected chi connectivity index (χ2v) is 5.49. The molecule has 0 saturated heterocycles. The van der Waals surface area contributed by atoms with Crippen LogP contribution < -0.4 is 10.6 Å². The monoisotopic (exact) mass is 312 g/mol.